The molecule has 0 rings (SSSR count). The number of hydrogen-bond donors (Lipinski definition) is 0. The predicted molar refractivity (Wildman–Crippen MR) is 38.3 cm³/mol. The first-order chi connectivity index (χ1) is 3.13. The van der Waals surface area contributed by atoms with Gasteiger partial charge in [0.1, 0.15) is 0 Å². The summed E-state index contributed by atoms with van der Waals surface area (Å²) in [4.78, 5) is 0. The maximum atomic E-state index is 2.23. The van der Waals surface area contributed by atoms with Gasteiger partial charge in [0.15, 0.2) is 0 Å². The van der Waals surface area contributed by atoms with Crippen LogP contribution in [0.25, 0.3) is 0 Å². The quantitative estimate of drug-likeness (QED) is 0.274. The number of allylic oxidation sites excluding steroid dienone is 2. The number of hydrogen-bond acceptors (Lipinski definition) is 0. The molecular formula is C6H13LiSi. The normalized spacial score (nSPS) is 10.6. The van der Waals surface area contributed by atoms with Crippen LogP contribution in [-0.4, -0.2) is 10.2 Å². The molecule has 0 saturated carbocycles. The summed E-state index contributed by atoms with van der Waals surface area (Å²) in [5.41, 5.74) is 0. The van der Waals surface area contributed by atoms with E-state index in [2.05, 4.69) is 26.8 Å². The minimum atomic E-state index is 0. The van der Waals surface area contributed by atoms with Gasteiger partial charge in [-0.25, -0.2) is 17.2 Å². The molecule has 0 fully saturated rings. The Morgan fingerprint density at radius 2 is 1.88 bits per heavy atom. The van der Waals surface area contributed by atoms with E-state index in [1.165, 1.54) is 21.4 Å². The Balaban J connectivity index is 0. The summed E-state index contributed by atoms with van der Waals surface area (Å²) < 4.78 is 0. The van der Waals surface area contributed by atoms with Gasteiger partial charge in [-0.3, -0.25) is 0 Å². The Labute approximate surface area is 67.3 Å². The summed E-state index contributed by atoms with van der Waals surface area (Å²) in [5, 5.41) is 1.51. The van der Waals surface area contributed by atoms with Gasteiger partial charge < -0.3 is 0 Å². The van der Waals surface area contributed by atoms with Crippen molar-refractivity contribution < 1.29 is 18.9 Å². The van der Waals surface area contributed by atoms with E-state index in [9.17, 15) is 0 Å². The van der Waals surface area contributed by atoms with Gasteiger partial charge in [0.25, 0.3) is 0 Å². The van der Waals surface area contributed by atoms with Crippen LogP contribution in [0.3, 0.4) is 0 Å². The molecule has 0 N–H and O–H groups in total. The van der Waals surface area contributed by atoms with Gasteiger partial charge in [-0.1, -0.05) is 10.2 Å². The second kappa shape index (κ2) is 5.56. The molecule has 0 aromatic carbocycles. The van der Waals surface area contributed by atoms with E-state index in [0.717, 1.165) is 0 Å². The van der Waals surface area contributed by atoms with Crippen LogP contribution >= 0.6 is 0 Å². The van der Waals surface area contributed by atoms with E-state index in [0.29, 0.717) is 0 Å². The molecule has 0 aliphatic heterocycles. The standard InChI is InChI=1S/C6H13Si.Li/c1-5(2)4-6(3)7;/h4H,1-3,7H3;/q-1;+1. The maximum Gasteiger partial charge on any atom is 1.00 e. The van der Waals surface area contributed by atoms with Crippen LogP contribution in [0.4, 0.5) is 0 Å². The van der Waals surface area contributed by atoms with Crippen LogP contribution in [-0.2, 0) is 0 Å². The van der Waals surface area contributed by atoms with Gasteiger partial charge in [-0.2, -0.15) is 0 Å². The first-order valence-corrected chi connectivity index (χ1v) is 3.58. The third-order valence-electron chi connectivity index (χ3n) is 0.577. The van der Waals surface area contributed by atoms with Crippen molar-refractivity contribution >= 4 is 10.2 Å². The van der Waals surface area contributed by atoms with Gasteiger partial charge in [-0.15, -0.1) is 20.8 Å². The van der Waals surface area contributed by atoms with E-state index in [-0.39, 0.29) is 18.9 Å². The minimum Gasteiger partial charge on any atom is -0.229 e. The Hall–Kier alpha value is 0.424. The smallest absolute Gasteiger partial charge is 0.229 e. The van der Waals surface area contributed by atoms with Gasteiger partial charge in [-0.05, 0) is 0 Å². The molecule has 0 amide bonds. The molecule has 0 unspecified atom stereocenters. The van der Waals surface area contributed by atoms with Crippen LogP contribution in [0.5, 0.6) is 0 Å². The van der Waals surface area contributed by atoms with Crippen LogP contribution in [0.1, 0.15) is 20.8 Å². The molecule has 0 atom stereocenters. The zero-order valence-corrected chi connectivity index (χ0v) is 8.58. The molecule has 0 aromatic heterocycles. The fourth-order valence-electron chi connectivity index (χ4n) is 0.577. The van der Waals surface area contributed by atoms with E-state index < -0.39 is 0 Å². The molecule has 0 aliphatic rings. The molecule has 0 saturated heterocycles. The first kappa shape index (κ1) is 11.3. The summed E-state index contributed by atoms with van der Waals surface area (Å²) in [7, 11) is 1.21. The van der Waals surface area contributed by atoms with Crippen LogP contribution in [0.2, 0.25) is 0 Å². The van der Waals surface area contributed by atoms with Crippen molar-refractivity contribution in [1.82, 2.24) is 0 Å². The average molecular weight is 120 g/mol. The average Bonchev–Trinajstić information content (AvgIpc) is 1.27. The van der Waals surface area contributed by atoms with Crippen molar-refractivity contribution in [2.75, 3.05) is 0 Å². The van der Waals surface area contributed by atoms with Crippen molar-refractivity contribution in [2.24, 2.45) is 0 Å². The third-order valence-corrected chi connectivity index (χ3v) is 0.866. The van der Waals surface area contributed by atoms with Crippen molar-refractivity contribution in [3.8, 4) is 0 Å². The fourth-order valence-corrected chi connectivity index (χ4v) is 1.15. The number of rotatable bonds is 1. The molecule has 0 bridgehead atoms. The van der Waals surface area contributed by atoms with Crippen molar-refractivity contribution in [3.63, 3.8) is 0 Å². The molecule has 0 aliphatic carbocycles. The monoisotopic (exact) mass is 120 g/mol. The third kappa shape index (κ3) is 9.66. The summed E-state index contributed by atoms with van der Waals surface area (Å²) in [6.07, 6.45) is 2.23. The Morgan fingerprint density at radius 3 is 1.88 bits per heavy atom. The second-order valence-corrected chi connectivity index (χ2v) is 3.88. The summed E-state index contributed by atoms with van der Waals surface area (Å²) >= 11 is 0. The molecule has 2 heteroatoms. The maximum absolute atomic E-state index is 2.23. The summed E-state index contributed by atoms with van der Waals surface area (Å²) in [6.45, 7) is 6.42. The molecule has 0 radical (unpaired) electrons. The Morgan fingerprint density at radius 1 is 1.50 bits per heavy atom. The van der Waals surface area contributed by atoms with Crippen molar-refractivity contribution in [1.29, 1.82) is 0 Å². The van der Waals surface area contributed by atoms with Gasteiger partial charge in [0.05, 0.1) is 0 Å². The SMILES string of the molecule is CC([SiH3])=C[C-](C)C.[Li+]. The predicted octanol–water partition coefficient (Wildman–Crippen LogP) is -2.13. The minimum absolute atomic E-state index is 0. The zero-order valence-electron chi connectivity index (χ0n) is 6.58. The summed E-state index contributed by atoms with van der Waals surface area (Å²) in [6, 6.07) is 0. The molecule has 8 heavy (non-hydrogen) atoms. The molecule has 0 spiro atoms. The van der Waals surface area contributed by atoms with Crippen LogP contribution in [0, 0.1) is 5.92 Å². The Kier molecular flexibility index (Phi) is 7.82. The van der Waals surface area contributed by atoms with Crippen molar-refractivity contribution in [3.05, 3.63) is 17.2 Å². The summed E-state index contributed by atoms with van der Waals surface area (Å²) in [5.74, 6) is 1.41. The molecular weight excluding hydrogens is 107 g/mol. The molecule has 0 heterocycles. The first-order valence-electron chi connectivity index (χ1n) is 2.58. The topological polar surface area (TPSA) is 0 Å². The van der Waals surface area contributed by atoms with Crippen molar-refractivity contribution in [2.45, 2.75) is 20.8 Å². The van der Waals surface area contributed by atoms with E-state index in [4.69, 9.17) is 0 Å². The van der Waals surface area contributed by atoms with Crippen LogP contribution < -0.4 is 18.9 Å². The Bertz CT molecular complexity index is 72.6. The van der Waals surface area contributed by atoms with E-state index >= 15 is 0 Å². The van der Waals surface area contributed by atoms with E-state index in [1.807, 2.05) is 0 Å². The van der Waals surface area contributed by atoms with E-state index in [1.54, 1.807) is 0 Å². The van der Waals surface area contributed by atoms with Crippen LogP contribution in [0.15, 0.2) is 11.3 Å². The fraction of sp³-hybridized carbons (Fsp3) is 0.500. The largest absolute Gasteiger partial charge is 1.00 e. The van der Waals surface area contributed by atoms with Gasteiger partial charge in [0.2, 0.25) is 0 Å². The molecule has 0 nitrogen and oxygen atoms in total. The molecule has 0 aromatic rings. The van der Waals surface area contributed by atoms with Gasteiger partial charge >= 0.3 is 18.9 Å². The second-order valence-electron chi connectivity index (χ2n) is 2.30. The van der Waals surface area contributed by atoms with Gasteiger partial charge in [0, 0.05) is 0 Å². The zero-order chi connectivity index (χ0) is 5.86. The molecule has 42 valence electrons.